The van der Waals surface area contributed by atoms with Crippen molar-refractivity contribution in [2.24, 2.45) is 5.73 Å². The number of hydrogen-bond acceptors (Lipinski definition) is 7. The molecule has 1 fully saturated rings. The number of aliphatic carboxylic acids is 1. The Morgan fingerprint density at radius 2 is 2.00 bits per heavy atom. The first-order valence-corrected chi connectivity index (χ1v) is 11.6. The van der Waals surface area contributed by atoms with Gasteiger partial charge in [0.15, 0.2) is 5.65 Å². The Balaban J connectivity index is 0.000000429. The van der Waals surface area contributed by atoms with E-state index >= 15 is 0 Å². The normalized spacial score (nSPS) is 19.5. The molecule has 5 N–H and O–H groups in total. The summed E-state index contributed by atoms with van der Waals surface area (Å²) in [5.41, 5.74) is 6.99. The molecule has 0 bridgehead atoms. The highest BCUT2D eigenvalue weighted by molar-refractivity contribution is 9.11. The van der Waals surface area contributed by atoms with Gasteiger partial charge in [-0.3, -0.25) is 4.79 Å². The molecule has 1 saturated carbocycles. The topological polar surface area (TPSA) is 135 Å². The zero-order chi connectivity index (χ0) is 26.0. The first kappa shape index (κ1) is 26.7. The molecule has 3 heterocycles. The van der Waals surface area contributed by atoms with Crippen LogP contribution in [0.1, 0.15) is 29.6 Å². The van der Waals surface area contributed by atoms with Gasteiger partial charge in [-0.25, -0.2) is 23.1 Å². The van der Waals surface area contributed by atoms with Crippen molar-refractivity contribution in [3.63, 3.8) is 0 Å². The Hall–Kier alpha value is -2.85. The maximum absolute atomic E-state index is 13.9. The van der Waals surface area contributed by atoms with Crippen molar-refractivity contribution in [2.75, 3.05) is 10.6 Å². The van der Waals surface area contributed by atoms with E-state index in [1.54, 1.807) is 18.3 Å². The number of nitrogens with one attached hydrogen (secondary N) is 2. The maximum Gasteiger partial charge on any atom is 0.490 e. The summed E-state index contributed by atoms with van der Waals surface area (Å²) in [7, 11) is 0. The van der Waals surface area contributed by atoms with Gasteiger partial charge in [0.25, 0.3) is 11.8 Å². The highest BCUT2D eigenvalue weighted by atomic mass is 79.9. The lowest BCUT2D eigenvalue weighted by atomic mass is 9.87. The minimum Gasteiger partial charge on any atom is -0.475 e. The smallest absolute Gasteiger partial charge is 0.475 e. The van der Waals surface area contributed by atoms with Gasteiger partial charge in [0.1, 0.15) is 11.4 Å². The predicted octanol–water partition coefficient (Wildman–Crippen LogP) is 4.37. The van der Waals surface area contributed by atoms with Gasteiger partial charge in [0, 0.05) is 18.7 Å². The maximum atomic E-state index is 13.9. The molecule has 1 aliphatic rings. The number of nitrogens with two attached hydrogens (primary N) is 1. The Kier molecular flexibility index (Phi) is 7.96. The van der Waals surface area contributed by atoms with Gasteiger partial charge >= 0.3 is 12.1 Å². The lowest BCUT2D eigenvalue weighted by molar-refractivity contribution is -0.192. The van der Waals surface area contributed by atoms with Crippen LogP contribution in [-0.2, 0) is 4.79 Å². The predicted molar refractivity (Wildman–Crippen MR) is 121 cm³/mol. The molecular weight excluding hydrogens is 567 g/mol. The largest absolute Gasteiger partial charge is 0.490 e. The summed E-state index contributed by atoms with van der Waals surface area (Å²) in [6, 6.07) is 1.52. The van der Waals surface area contributed by atoms with Crippen LogP contribution in [0.25, 0.3) is 5.65 Å². The number of halogens is 6. The molecule has 3 aromatic heterocycles. The lowest BCUT2D eigenvalue weighted by Crippen LogP contribution is -2.55. The van der Waals surface area contributed by atoms with Crippen molar-refractivity contribution in [1.29, 1.82) is 0 Å². The number of amides is 1. The second kappa shape index (κ2) is 10.4. The molecule has 0 unspecified atom stereocenters. The van der Waals surface area contributed by atoms with Gasteiger partial charge < -0.3 is 21.5 Å². The molecule has 2 atom stereocenters. The van der Waals surface area contributed by atoms with Crippen molar-refractivity contribution in [2.45, 2.75) is 43.4 Å². The van der Waals surface area contributed by atoms with E-state index in [0.717, 1.165) is 3.79 Å². The van der Waals surface area contributed by atoms with Crippen LogP contribution in [0.2, 0.25) is 0 Å². The average Bonchev–Trinajstić information content (AvgIpc) is 3.37. The first-order valence-electron chi connectivity index (χ1n) is 9.88. The summed E-state index contributed by atoms with van der Waals surface area (Å²) in [4.78, 5) is 25.9. The van der Waals surface area contributed by atoms with Gasteiger partial charge in [0.05, 0.1) is 21.7 Å². The Morgan fingerprint density at radius 1 is 1.31 bits per heavy atom. The van der Waals surface area contributed by atoms with Crippen LogP contribution >= 0.6 is 27.3 Å². The van der Waals surface area contributed by atoms with E-state index in [0.29, 0.717) is 30.0 Å². The van der Waals surface area contributed by atoms with E-state index in [1.807, 2.05) is 5.38 Å². The van der Waals surface area contributed by atoms with E-state index in [1.165, 1.54) is 22.0 Å². The summed E-state index contributed by atoms with van der Waals surface area (Å²) < 4.78 is 61.8. The van der Waals surface area contributed by atoms with Crippen molar-refractivity contribution in [3.8, 4) is 0 Å². The van der Waals surface area contributed by atoms with Crippen LogP contribution < -0.4 is 16.4 Å². The molecule has 1 amide bonds. The SMILES string of the molecule is N[C@@H]1[C@H](Nc2ccn3ncc(C(=O)Nc4ccsc4Br)c3n2)CCCC1(F)F.O=C(O)C(F)(F)F. The minimum atomic E-state index is -5.08. The number of fused-ring (bicyclic) bond motifs is 1. The third kappa shape index (κ3) is 6.43. The number of nitrogens with zero attached hydrogens (tertiary/aromatic N) is 3. The van der Waals surface area contributed by atoms with Gasteiger partial charge in [0.2, 0.25) is 0 Å². The van der Waals surface area contributed by atoms with Crippen LogP contribution in [0, 0.1) is 0 Å². The van der Waals surface area contributed by atoms with Gasteiger partial charge in [-0.15, -0.1) is 11.3 Å². The molecule has 0 spiro atoms. The molecule has 35 heavy (non-hydrogen) atoms. The van der Waals surface area contributed by atoms with Crippen LogP contribution in [0.5, 0.6) is 0 Å². The molecule has 0 saturated heterocycles. The van der Waals surface area contributed by atoms with E-state index in [9.17, 15) is 26.7 Å². The van der Waals surface area contributed by atoms with Crippen LogP contribution in [-0.4, -0.2) is 55.8 Å². The standard InChI is InChI=1S/C17H17BrF2N6OS.C2HF3O2/c18-14-11(4-7-28-14)24-16(27)9-8-22-26-6-3-12(25-15(9)26)23-10-2-1-5-17(19,20)13(10)21;3-2(4,5)1(6)7/h3-4,6-8,10,13H,1-2,5,21H2,(H,23,25)(H,24,27);(H,6,7)/t10-,13-;/m1./s1. The van der Waals surface area contributed by atoms with Crippen LogP contribution in [0.4, 0.5) is 33.5 Å². The molecule has 1 aliphatic carbocycles. The van der Waals surface area contributed by atoms with Crippen LogP contribution in [0.3, 0.4) is 0 Å². The lowest BCUT2D eigenvalue weighted by Gasteiger charge is -2.36. The fraction of sp³-hybridized carbons (Fsp3) is 0.368. The average molecular weight is 585 g/mol. The van der Waals surface area contributed by atoms with Crippen LogP contribution in [0.15, 0.2) is 33.7 Å². The fourth-order valence-electron chi connectivity index (χ4n) is 3.23. The van der Waals surface area contributed by atoms with Gasteiger partial charge in [-0.05, 0) is 46.3 Å². The number of anilines is 2. The van der Waals surface area contributed by atoms with Gasteiger partial charge in [-0.1, -0.05) is 0 Å². The van der Waals surface area contributed by atoms with Gasteiger partial charge in [-0.2, -0.15) is 18.3 Å². The first-order chi connectivity index (χ1) is 16.3. The second-order valence-corrected chi connectivity index (χ2v) is 9.67. The molecule has 16 heteroatoms. The molecule has 4 rings (SSSR count). The van der Waals surface area contributed by atoms with E-state index in [-0.39, 0.29) is 17.9 Å². The van der Waals surface area contributed by atoms with Crippen molar-refractivity contribution >= 4 is 56.3 Å². The van der Waals surface area contributed by atoms with Crippen molar-refractivity contribution in [1.82, 2.24) is 14.6 Å². The molecule has 190 valence electrons. The molecule has 3 aromatic rings. The molecule has 0 aromatic carbocycles. The third-order valence-corrected chi connectivity index (χ3v) is 6.69. The van der Waals surface area contributed by atoms with E-state index < -0.39 is 30.2 Å². The van der Waals surface area contributed by atoms with E-state index in [2.05, 4.69) is 36.6 Å². The molecule has 0 radical (unpaired) electrons. The number of carbonyl (C=O) groups is 2. The number of carboxylic acid groups (broad SMARTS) is 1. The summed E-state index contributed by atoms with van der Waals surface area (Å²) >= 11 is 4.83. The molecule has 9 nitrogen and oxygen atoms in total. The van der Waals surface area contributed by atoms with E-state index in [4.69, 9.17) is 15.6 Å². The Labute approximate surface area is 206 Å². The zero-order valence-corrected chi connectivity index (χ0v) is 19.9. The number of carbonyl (C=O) groups excluding carboxylic acids is 1. The second-order valence-electron chi connectivity index (χ2n) is 7.43. The molecular formula is C19H18BrF5N6O3S. The number of hydrogen-bond donors (Lipinski definition) is 4. The number of aromatic nitrogens is 3. The monoisotopic (exact) mass is 584 g/mol. The summed E-state index contributed by atoms with van der Waals surface area (Å²) in [6.45, 7) is 0. The number of thiophene rings is 1. The molecule has 0 aliphatic heterocycles. The quantitative estimate of drug-likeness (QED) is 0.334. The number of carboxylic acids is 1. The Bertz CT molecular complexity index is 1220. The third-order valence-electron chi connectivity index (χ3n) is 5.00. The number of alkyl halides is 5. The highest BCUT2D eigenvalue weighted by Crippen LogP contribution is 2.34. The zero-order valence-electron chi connectivity index (χ0n) is 17.5. The highest BCUT2D eigenvalue weighted by Gasteiger charge is 2.44. The van der Waals surface area contributed by atoms with Crippen molar-refractivity contribution in [3.05, 3.63) is 39.3 Å². The minimum absolute atomic E-state index is 0.204. The summed E-state index contributed by atoms with van der Waals surface area (Å²) in [5.74, 6) is -5.65. The fourth-order valence-corrected chi connectivity index (χ4v) is 4.36. The summed E-state index contributed by atoms with van der Waals surface area (Å²) in [5, 5.41) is 18.9. The number of rotatable bonds is 4. The van der Waals surface area contributed by atoms with Crippen molar-refractivity contribution < 1.29 is 36.6 Å². The Morgan fingerprint density at radius 3 is 2.60 bits per heavy atom. The summed E-state index contributed by atoms with van der Waals surface area (Å²) in [6.07, 6.45) is -1.33.